The van der Waals surface area contributed by atoms with E-state index in [1.807, 2.05) is 6.07 Å². The molecule has 0 saturated heterocycles. The Morgan fingerprint density at radius 3 is 2.67 bits per heavy atom. The van der Waals surface area contributed by atoms with Crippen LogP contribution in [-0.2, 0) is 6.54 Å². The summed E-state index contributed by atoms with van der Waals surface area (Å²) in [5.74, 6) is 2.12. The predicted octanol–water partition coefficient (Wildman–Crippen LogP) is 4.55. The van der Waals surface area contributed by atoms with E-state index in [0.29, 0.717) is 12.5 Å². The fourth-order valence-electron chi connectivity index (χ4n) is 1.80. The summed E-state index contributed by atoms with van der Waals surface area (Å²) >= 11 is 3.57. The highest BCUT2D eigenvalue weighted by molar-refractivity contribution is 9.10. The molecule has 0 heterocycles. The normalized spacial score (nSPS) is 10.8. The number of hydrogen-bond acceptors (Lipinski definition) is 3. The van der Waals surface area contributed by atoms with Crippen LogP contribution >= 0.6 is 15.9 Å². The summed E-state index contributed by atoms with van der Waals surface area (Å²) in [6.07, 6.45) is 0.914. The lowest BCUT2D eigenvalue weighted by Gasteiger charge is -2.15. The van der Waals surface area contributed by atoms with Gasteiger partial charge in [0.25, 0.3) is 0 Å². The van der Waals surface area contributed by atoms with Gasteiger partial charge in [0.1, 0.15) is 6.61 Å². The SMILES string of the molecule is C=C(CC)COc1c(Br)cc(CNCC(C)C)cc1OC. The highest BCUT2D eigenvalue weighted by Gasteiger charge is 2.12. The molecule has 0 aliphatic carbocycles. The topological polar surface area (TPSA) is 30.5 Å². The van der Waals surface area contributed by atoms with Crippen molar-refractivity contribution in [1.29, 1.82) is 0 Å². The number of ether oxygens (including phenoxy) is 2. The summed E-state index contributed by atoms with van der Waals surface area (Å²) in [6.45, 7) is 12.7. The van der Waals surface area contributed by atoms with E-state index in [1.165, 1.54) is 5.56 Å². The highest BCUT2D eigenvalue weighted by atomic mass is 79.9. The summed E-state index contributed by atoms with van der Waals surface area (Å²) in [4.78, 5) is 0. The van der Waals surface area contributed by atoms with Crippen molar-refractivity contribution in [3.8, 4) is 11.5 Å². The van der Waals surface area contributed by atoms with Crippen LogP contribution in [0.3, 0.4) is 0 Å². The zero-order valence-corrected chi connectivity index (χ0v) is 15.0. The molecule has 1 aromatic rings. The lowest BCUT2D eigenvalue weighted by molar-refractivity contribution is 0.315. The van der Waals surface area contributed by atoms with Gasteiger partial charge in [-0.15, -0.1) is 0 Å². The first-order valence-corrected chi connectivity index (χ1v) is 8.13. The zero-order chi connectivity index (χ0) is 15.8. The quantitative estimate of drug-likeness (QED) is 0.659. The molecule has 0 aliphatic heterocycles. The van der Waals surface area contributed by atoms with Gasteiger partial charge in [-0.3, -0.25) is 0 Å². The maximum Gasteiger partial charge on any atom is 0.175 e. The van der Waals surface area contributed by atoms with E-state index >= 15 is 0 Å². The van der Waals surface area contributed by atoms with Crippen LogP contribution in [-0.4, -0.2) is 20.3 Å². The van der Waals surface area contributed by atoms with Gasteiger partial charge >= 0.3 is 0 Å². The molecule has 0 radical (unpaired) electrons. The molecular weight excluding hydrogens is 330 g/mol. The highest BCUT2D eigenvalue weighted by Crippen LogP contribution is 2.37. The van der Waals surface area contributed by atoms with Crippen molar-refractivity contribution >= 4 is 15.9 Å². The minimum Gasteiger partial charge on any atom is -0.493 e. The van der Waals surface area contributed by atoms with Gasteiger partial charge in [0, 0.05) is 6.54 Å². The molecule has 0 saturated carbocycles. The molecule has 118 valence electrons. The molecular formula is C17H26BrNO2. The summed E-state index contributed by atoms with van der Waals surface area (Å²) < 4.78 is 12.2. The number of hydrogen-bond donors (Lipinski definition) is 1. The molecule has 0 aliphatic rings. The van der Waals surface area contributed by atoms with Crippen molar-refractivity contribution in [1.82, 2.24) is 5.32 Å². The molecule has 1 rings (SSSR count). The Balaban J connectivity index is 2.79. The summed E-state index contributed by atoms with van der Waals surface area (Å²) in [5.41, 5.74) is 2.23. The van der Waals surface area contributed by atoms with Crippen molar-refractivity contribution in [3.63, 3.8) is 0 Å². The maximum atomic E-state index is 5.82. The first-order valence-electron chi connectivity index (χ1n) is 7.34. The van der Waals surface area contributed by atoms with Gasteiger partial charge in [0.15, 0.2) is 11.5 Å². The van der Waals surface area contributed by atoms with Crippen LogP contribution in [0.2, 0.25) is 0 Å². The molecule has 0 spiro atoms. The number of benzene rings is 1. The van der Waals surface area contributed by atoms with Crippen molar-refractivity contribution in [3.05, 3.63) is 34.3 Å². The van der Waals surface area contributed by atoms with Crippen LogP contribution in [0, 0.1) is 5.92 Å². The first-order chi connectivity index (χ1) is 9.97. The number of methoxy groups -OCH3 is 1. The molecule has 0 bridgehead atoms. The molecule has 0 unspecified atom stereocenters. The number of nitrogens with one attached hydrogen (secondary N) is 1. The van der Waals surface area contributed by atoms with Gasteiger partial charge in [-0.1, -0.05) is 27.4 Å². The lowest BCUT2D eigenvalue weighted by atomic mass is 10.1. The van der Waals surface area contributed by atoms with Gasteiger partial charge in [0.05, 0.1) is 11.6 Å². The van der Waals surface area contributed by atoms with Crippen LogP contribution in [0.5, 0.6) is 11.5 Å². The summed E-state index contributed by atoms with van der Waals surface area (Å²) in [7, 11) is 1.66. The van der Waals surface area contributed by atoms with Gasteiger partial charge in [0.2, 0.25) is 0 Å². The average Bonchev–Trinajstić information content (AvgIpc) is 2.44. The van der Waals surface area contributed by atoms with Crippen LogP contribution in [0.4, 0.5) is 0 Å². The second-order valence-electron chi connectivity index (χ2n) is 5.53. The number of halogens is 1. The molecule has 3 nitrogen and oxygen atoms in total. The van der Waals surface area contributed by atoms with Crippen molar-refractivity contribution in [2.45, 2.75) is 33.7 Å². The minimum atomic E-state index is 0.510. The van der Waals surface area contributed by atoms with Crippen LogP contribution in [0.15, 0.2) is 28.8 Å². The van der Waals surface area contributed by atoms with Crippen molar-refractivity contribution in [2.75, 3.05) is 20.3 Å². The maximum absolute atomic E-state index is 5.82. The third kappa shape index (κ3) is 6.10. The van der Waals surface area contributed by atoms with E-state index in [2.05, 4.69) is 54.7 Å². The van der Waals surface area contributed by atoms with Gasteiger partial charge in [-0.2, -0.15) is 0 Å². The largest absolute Gasteiger partial charge is 0.493 e. The summed E-state index contributed by atoms with van der Waals surface area (Å²) in [6, 6.07) is 4.09. The van der Waals surface area contributed by atoms with Crippen LogP contribution in [0.25, 0.3) is 0 Å². The van der Waals surface area contributed by atoms with E-state index in [9.17, 15) is 0 Å². The molecule has 1 N–H and O–H groups in total. The Hall–Kier alpha value is -1.00. The Labute approximate surface area is 136 Å². The lowest BCUT2D eigenvalue weighted by Crippen LogP contribution is -2.19. The standard InChI is InChI=1S/C17H26BrNO2/c1-6-13(4)11-21-17-15(18)7-14(8-16(17)20-5)10-19-9-12(2)3/h7-8,12,19H,4,6,9-11H2,1-3,5H3. The Kier molecular flexibility index (Phi) is 7.83. The van der Waals surface area contributed by atoms with E-state index in [-0.39, 0.29) is 0 Å². The Morgan fingerprint density at radius 1 is 1.38 bits per heavy atom. The smallest absolute Gasteiger partial charge is 0.175 e. The second-order valence-corrected chi connectivity index (χ2v) is 6.38. The summed E-state index contributed by atoms with van der Waals surface area (Å²) in [5, 5.41) is 3.43. The van der Waals surface area contributed by atoms with Gasteiger partial charge in [-0.05, 0) is 58.1 Å². The van der Waals surface area contributed by atoms with Crippen molar-refractivity contribution in [2.24, 2.45) is 5.92 Å². The monoisotopic (exact) mass is 355 g/mol. The van der Waals surface area contributed by atoms with Crippen LogP contribution < -0.4 is 14.8 Å². The van der Waals surface area contributed by atoms with Gasteiger partial charge < -0.3 is 14.8 Å². The van der Waals surface area contributed by atoms with Crippen molar-refractivity contribution < 1.29 is 9.47 Å². The second kappa shape index (κ2) is 9.11. The average molecular weight is 356 g/mol. The molecule has 21 heavy (non-hydrogen) atoms. The molecule has 1 aromatic carbocycles. The third-order valence-corrected chi connectivity index (χ3v) is 3.68. The fourth-order valence-corrected chi connectivity index (χ4v) is 2.40. The Bertz CT molecular complexity index is 472. The molecule has 0 amide bonds. The molecule has 4 heteroatoms. The number of rotatable bonds is 9. The Morgan fingerprint density at radius 2 is 2.10 bits per heavy atom. The minimum absolute atomic E-state index is 0.510. The molecule has 0 aromatic heterocycles. The fraction of sp³-hybridized carbons (Fsp3) is 0.529. The van der Waals surface area contributed by atoms with Crippen LogP contribution in [0.1, 0.15) is 32.8 Å². The predicted molar refractivity (Wildman–Crippen MR) is 92.2 cm³/mol. The molecule has 0 fully saturated rings. The third-order valence-electron chi connectivity index (χ3n) is 3.09. The zero-order valence-electron chi connectivity index (χ0n) is 13.5. The van der Waals surface area contributed by atoms with E-state index in [0.717, 1.165) is 41.1 Å². The molecule has 0 atom stereocenters. The van der Waals surface area contributed by atoms with E-state index in [1.54, 1.807) is 7.11 Å². The van der Waals surface area contributed by atoms with E-state index < -0.39 is 0 Å². The first kappa shape index (κ1) is 18.1. The van der Waals surface area contributed by atoms with Gasteiger partial charge in [-0.25, -0.2) is 0 Å². The van der Waals surface area contributed by atoms with E-state index in [4.69, 9.17) is 9.47 Å².